The van der Waals surface area contributed by atoms with Gasteiger partial charge in [0.2, 0.25) is 5.91 Å². The first-order valence-corrected chi connectivity index (χ1v) is 22.9. The molecule has 0 aliphatic rings. The van der Waals surface area contributed by atoms with Gasteiger partial charge in [-0.1, -0.05) is 193 Å². The van der Waals surface area contributed by atoms with Crippen LogP contribution in [0.15, 0.2) is 12.2 Å². The molecule has 0 aliphatic heterocycles. The van der Waals surface area contributed by atoms with Gasteiger partial charge < -0.3 is 20.3 Å². The van der Waals surface area contributed by atoms with Crippen LogP contribution in [0.2, 0.25) is 0 Å². The van der Waals surface area contributed by atoms with Crippen LogP contribution in [-0.4, -0.2) is 47.4 Å². The van der Waals surface area contributed by atoms with Crippen LogP contribution in [0, 0.1) is 0 Å². The number of nitrogens with one attached hydrogen (secondary N) is 1. The summed E-state index contributed by atoms with van der Waals surface area (Å²) < 4.78 is 5.43. The molecule has 0 spiro atoms. The van der Waals surface area contributed by atoms with E-state index in [0.717, 1.165) is 70.6 Å². The smallest absolute Gasteiger partial charge is 0.305 e. The molecule has 308 valence electrons. The highest BCUT2D eigenvalue weighted by molar-refractivity contribution is 5.76. The van der Waals surface area contributed by atoms with Gasteiger partial charge in [0.05, 0.1) is 25.4 Å². The van der Waals surface area contributed by atoms with Crippen LogP contribution in [0.4, 0.5) is 0 Å². The second kappa shape index (κ2) is 42.3. The third-order valence-corrected chi connectivity index (χ3v) is 10.6. The van der Waals surface area contributed by atoms with Crippen LogP contribution >= 0.6 is 0 Å². The lowest BCUT2D eigenvalue weighted by Gasteiger charge is -2.22. The van der Waals surface area contributed by atoms with Crippen molar-refractivity contribution in [1.82, 2.24) is 5.32 Å². The van der Waals surface area contributed by atoms with Gasteiger partial charge in [-0.2, -0.15) is 0 Å². The molecule has 0 aliphatic carbocycles. The van der Waals surface area contributed by atoms with Crippen LogP contribution in [0.25, 0.3) is 0 Å². The topological polar surface area (TPSA) is 95.9 Å². The Balaban J connectivity index is 3.46. The summed E-state index contributed by atoms with van der Waals surface area (Å²) in [4.78, 5) is 24.3. The van der Waals surface area contributed by atoms with Gasteiger partial charge >= 0.3 is 5.97 Å². The van der Waals surface area contributed by atoms with E-state index in [2.05, 4.69) is 31.3 Å². The number of carbonyl (C=O) groups excluding carboxylic acids is 2. The van der Waals surface area contributed by atoms with Crippen LogP contribution in [0.5, 0.6) is 0 Å². The molecule has 52 heavy (non-hydrogen) atoms. The van der Waals surface area contributed by atoms with Crippen LogP contribution in [0.1, 0.15) is 245 Å². The molecule has 0 aromatic rings. The first-order chi connectivity index (χ1) is 25.5. The van der Waals surface area contributed by atoms with E-state index in [1.807, 2.05) is 0 Å². The van der Waals surface area contributed by atoms with Crippen molar-refractivity contribution in [1.29, 1.82) is 0 Å². The Labute approximate surface area is 323 Å². The molecule has 2 atom stereocenters. The Morgan fingerprint density at radius 1 is 0.519 bits per heavy atom. The highest BCUT2D eigenvalue weighted by Gasteiger charge is 2.20. The summed E-state index contributed by atoms with van der Waals surface area (Å²) in [6.07, 6.45) is 46.0. The fraction of sp³-hybridized carbons (Fsp3) is 0.913. The fourth-order valence-electron chi connectivity index (χ4n) is 6.98. The van der Waals surface area contributed by atoms with E-state index in [9.17, 15) is 19.8 Å². The zero-order chi connectivity index (χ0) is 38.0. The standard InChI is InChI=1S/C46H89NO5/c1-3-5-7-9-11-13-19-24-28-32-36-40-46(51)52-41-37-33-29-25-21-18-16-14-15-17-20-23-27-31-35-39-45(50)47-43(42-48)44(49)38-34-30-26-22-12-10-8-6-4-2/h16,18,43-44,48-49H,3-15,17,19-42H2,1-2H3,(H,47,50)/b18-16-. The summed E-state index contributed by atoms with van der Waals surface area (Å²) in [5.41, 5.74) is 0. The van der Waals surface area contributed by atoms with E-state index in [-0.39, 0.29) is 18.5 Å². The SMILES string of the molecule is CCCCCCCCCCCCCC(=O)OCCCCCC/C=C\CCCCCCCCCC(=O)NC(CO)C(O)CCCCCCCCCCC. The number of hydrogen-bond donors (Lipinski definition) is 3. The third kappa shape index (κ3) is 38.3. The van der Waals surface area contributed by atoms with Gasteiger partial charge in [0, 0.05) is 12.8 Å². The van der Waals surface area contributed by atoms with Gasteiger partial charge in [-0.05, 0) is 51.4 Å². The zero-order valence-electron chi connectivity index (χ0n) is 34.8. The summed E-state index contributed by atoms with van der Waals surface area (Å²) >= 11 is 0. The molecule has 0 aromatic carbocycles. The molecule has 0 bridgehead atoms. The second-order valence-corrected chi connectivity index (χ2v) is 15.7. The predicted octanol–water partition coefficient (Wildman–Crippen LogP) is 13.0. The van der Waals surface area contributed by atoms with Crippen molar-refractivity contribution >= 4 is 11.9 Å². The second-order valence-electron chi connectivity index (χ2n) is 15.7. The van der Waals surface area contributed by atoms with Gasteiger partial charge in [-0.25, -0.2) is 0 Å². The highest BCUT2D eigenvalue weighted by Crippen LogP contribution is 2.15. The van der Waals surface area contributed by atoms with Crippen molar-refractivity contribution < 1.29 is 24.5 Å². The summed E-state index contributed by atoms with van der Waals surface area (Å²) in [5, 5.41) is 23.0. The van der Waals surface area contributed by atoms with Gasteiger partial charge in [0.15, 0.2) is 0 Å². The monoisotopic (exact) mass is 736 g/mol. The number of allylic oxidation sites excluding steroid dienone is 2. The maximum Gasteiger partial charge on any atom is 0.305 e. The lowest BCUT2D eigenvalue weighted by atomic mass is 10.0. The molecule has 0 radical (unpaired) electrons. The van der Waals surface area contributed by atoms with E-state index < -0.39 is 12.1 Å². The van der Waals surface area contributed by atoms with Crippen molar-refractivity contribution in [2.45, 2.75) is 257 Å². The van der Waals surface area contributed by atoms with Crippen molar-refractivity contribution in [3.05, 3.63) is 12.2 Å². The summed E-state index contributed by atoms with van der Waals surface area (Å²) in [5.74, 6) is -0.0641. The summed E-state index contributed by atoms with van der Waals surface area (Å²) in [6.45, 7) is 4.88. The third-order valence-electron chi connectivity index (χ3n) is 10.6. The lowest BCUT2D eigenvalue weighted by Crippen LogP contribution is -2.45. The first-order valence-electron chi connectivity index (χ1n) is 22.9. The molecule has 1 amide bonds. The minimum atomic E-state index is -0.670. The van der Waals surface area contributed by atoms with Gasteiger partial charge in [0.1, 0.15) is 0 Å². The molecule has 0 heterocycles. The van der Waals surface area contributed by atoms with Crippen LogP contribution in [-0.2, 0) is 14.3 Å². The Morgan fingerprint density at radius 2 is 0.904 bits per heavy atom. The average molecular weight is 736 g/mol. The number of ether oxygens (including phenoxy) is 1. The largest absolute Gasteiger partial charge is 0.466 e. The Kier molecular flexibility index (Phi) is 41.2. The molecule has 0 rings (SSSR count). The molecule has 2 unspecified atom stereocenters. The molecule has 6 nitrogen and oxygen atoms in total. The quantitative estimate of drug-likeness (QED) is 0.0329. The normalized spacial score (nSPS) is 12.8. The highest BCUT2D eigenvalue weighted by atomic mass is 16.5. The number of amides is 1. The average Bonchev–Trinajstić information content (AvgIpc) is 3.14. The minimum absolute atomic E-state index is 0.0110. The summed E-state index contributed by atoms with van der Waals surface area (Å²) in [7, 11) is 0. The number of aliphatic hydroxyl groups is 2. The van der Waals surface area contributed by atoms with E-state index >= 15 is 0 Å². The summed E-state index contributed by atoms with van der Waals surface area (Å²) in [6, 6.07) is -0.549. The Bertz CT molecular complexity index is 772. The van der Waals surface area contributed by atoms with Gasteiger partial charge in [0.25, 0.3) is 0 Å². The van der Waals surface area contributed by atoms with E-state index in [1.54, 1.807) is 0 Å². The molecular weight excluding hydrogens is 647 g/mol. The molecule has 0 fully saturated rings. The Morgan fingerprint density at radius 3 is 1.37 bits per heavy atom. The van der Waals surface area contributed by atoms with Gasteiger partial charge in [-0.3, -0.25) is 9.59 Å². The molecule has 0 saturated heterocycles. The number of aliphatic hydroxyl groups excluding tert-OH is 2. The van der Waals surface area contributed by atoms with Crippen molar-refractivity contribution in [2.75, 3.05) is 13.2 Å². The molecule has 6 heteroatoms. The minimum Gasteiger partial charge on any atom is -0.466 e. The molecule has 0 saturated carbocycles. The van der Waals surface area contributed by atoms with Crippen molar-refractivity contribution in [3.8, 4) is 0 Å². The van der Waals surface area contributed by atoms with Crippen molar-refractivity contribution in [2.24, 2.45) is 0 Å². The number of rotatable bonds is 42. The maximum atomic E-state index is 12.4. The number of hydrogen-bond acceptors (Lipinski definition) is 5. The molecule has 3 N–H and O–H groups in total. The molecular formula is C46H89NO5. The fourth-order valence-corrected chi connectivity index (χ4v) is 6.98. The van der Waals surface area contributed by atoms with Crippen LogP contribution in [0.3, 0.4) is 0 Å². The zero-order valence-corrected chi connectivity index (χ0v) is 34.8. The van der Waals surface area contributed by atoms with Gasteiger partial charge in [-0.15, -0.1) is 0 Å². The number of carbonyl (C=O) groups is 2. The molecule has 0 aromatic heterocycles. The maximum absolute atomic E-state index is 12.4. The Hall–Kier alpha value is -1.40. The number of unbranched alkanes of at least 4 members (excludes halogenated alkanes) is 29. The van der Waals surface area contributed by atoms with E-state index in [1.165, 1.54) is 141 Å². The van der Waals surface area contributed by atoms with Crippen molar-refractivity contribution in [3.63, 3.8) is 0 Å². The lowest BCUT2D eigenvalue weighted by molar-refractivity contribution is -0.143. The predicted molar refractivity (Wildman–Crippen MR) is 223 cm³/mol. The number of esters is 1. The van der Waals surface area contributed by atoms with Crippen LogP contribution < -0.4 is 5.32 Å². The van der Waals surface area contributed by atoms with E-state index in [4.69, 9.17) is 4.74 Å². The van der Waals surface area contributed by atoms with E-state index in [0.29, 0.717) is 25.9 Å². The first kappa shape index (κ1) is 50.6.